The van der Waals surface area contributed by atoms with Gasteiger partial charge >= 0.3 is 6.09 Å². The fourth-order valence-corrected chi connectivity index (χ4v) is 1.91. The van der Waals surface area contributed by atoms with Gasteiger partial charge in [0.2, 0.25) is 0 Å². The molecular formula is C16H30N4O2. The number of nitrogens with one attached hydrogen (secondary N) is 2. The number of carbonyl (C=O) groups excluding carboxylic acids is 1. The molecule has 0 saturated heterocycles. The molecule has 0 saturated carbocycles. The molecule has 22 heavy (non-hydrogen) atoms. The number of amides is 1. The molecule has 1 aromatic heterocycles. The molecule has 0 spiro atoms. The van der Waals surface area contributed by atoms with Crippen molar-refractivity contribution in [3.8, 4) is 0 Å². The summed E-state index contributed by atoms with van der Waals surface area (Å²) in [6.07, 6.45) is 4.39. The van der Waals surface area contributed by atoms with E-state index in [9.17, 15) is 4.79 Å². The van der Waals surface area contributed by atoms with Gasteiger partial charge in [0.05, 0.1) is 6.20 Å². The monoisotopic (exact) mass is 310 g/mol. The van der Waals surface area contributed by atoms with Gasteiger partial charge in [0.15, 0.2) is 0 Å². The second-order valence-corrected chi connectivity index (χ2v) is 6.80. The van der Waals surface area contributed by atoms with E-state index in [1.807, 2.05) is 44.8 Å². The lowest BCUT2D eigenvalue weighted by Crippen LogP contribution is -2.43. The molecular weight excluding hydrogens is 280 g/mol. The van der Waals surface area contributed by atoms with Gasteiger partial charge in [0, 0.05) is 36.9 Å². The first-order valence-electron chi connectivity index (χ1n) is 7.94. The van der Waals surface area contributed by atoms with Crippen molar-refractivity contribution < 1.29 is 9.53 Å². The lowest BCUT2D eigenvalue weighted by molar-refractivity contribution is 0.0502. The van der Waals surface area contributed by atoms with Crippen molar-refractivity contribution in [3.63, 3.8) is 0 Å². The molecule has 6 nitrogen and oxygen atoms in total. The van der Waals surface area contributed by atoms with Gasteiger partial charge in [-0.2, -0.15) is 5.10 Å². The molecule has 0 aliphatic rings. The second kappa shape index (κ2) is 8.17. The molecule has 1 atom stereocenters. The van der Waals surface area contributed by atoms with Gasteiger partial charge in [-0.25, -0.2) is 4.79 Å². The smallest absolute Gasteiger partial charge is 0.407 e. The molecule has 1 aromatic rings. The predicted octanol–water partition coefficient (Wildman–Crippen LogP) is 2.86. The molecule has 0 radical (unpaired) electrons. The van der Waals surface area contributed by atoms with Crippen LogP contribution in [0, 0.1) is 0 Å². The van der Waals surface area contributed by atoms with Gasteiger partial charge < -0.3 is 15.4 Å². The van der Waals surface area contributed by atoms with E-state index in [4.69, 9.17) is 4.74 Å². The zero-order valence-corrected chi connectivity index (χ0v) is 14.6. The molecule has 0 bridgehead atoms. The van der Waals surface area contributed by atoms with E-state index in [0.717, 1.165) is 18.5 Å². The second-order valence-electron chi connectivity index (χ2n) is 6.80. The number of aromatic nitrogens is 2. The van der Waals surface area contributed by atoms with Crippen molar-refractivity contribution >= 4 is 6.09 Å². The van der Waals surface area contributed by atoms with Crippen molar-refractivity contribution in [2.45, 2.75) is 72.2 Å². The van der Waals surface area contributed by atoms with Crippen molar-refractivity contribution in [2.24, 2.45) is 0 Å². The van der Waals surface area contributed by atoms with Crippen LogP contribution >= 0.6 is 0 Å². The third kappa shape index (κ3) is 6.93. The Morgan fingerprint density at radius 3 is 2.59 bits per heavy atom. The fourth-order valence-electron chi connectivity index (χ4n) is 1.91. The minimum atomic E-state index is -0.471. The van der Waals surface area contributed by atoms with E-state index < -0.39 is 5.60 Å². The Morgan fingerprint density at radius 2 is 2.09 bits per heavy atom. The molecule has 0 fully saturated rings. The number of carbonyl (C=O) groups is 1. The maximum atomic E-state index is 11.8. The summed E-state index contributed by atoms with van der Waals surface area (Å²) >= 11 is 0. The third-order valence-corrected chi connectivity index (χ3v) is 3.12. The molecule has 1 rings (SSSR count). The highest BCUT2D eigenvalue weighted by Gasteiger charge is 2.18. The lowest BCUT2D eigenvalue weighted by atomic mass is 10.2. The van der Waals surface area contributed by atoms with Crippen molar-refractivity contribution in [2.75, 3.05) is 6.54 Å². The van der Waals surface area contributed by atoms with E-state index in [1.165, 1.54) is 0 Å². The highest BCUT2D eigenvalue weighted by Crippen LogP contribution is 2.07. The summed E-state index contributed by atoms with van der Waals surface area (Å²) < 4.78 is 7.21. The first kappa shape index (κ1) is 18.5. The molecule has 6 heteroatoms. The van der Waals surface area contributed by atoms with Crippen LogP contribution in [-0.4, -0.2) is 34.1 Å². The summed E-state index contributed by atoms with van der Waals surface area (Å²) in [6, 6.07) is 0.418. The van der Waals surface area contributed by atoms with Crippen LogP contribution in [0.5, 0.6) is 0 Å². The Morgan fingerprint density at radius 1 is 1.41 bits per heavy atom. The van der Waals surface area contributed by atoms with E-state index in [0.29, 0.717) is 12.6 Å². The van der Waals surface area contributed by atoms with Crippen LogP contribution < -0.4 is 10.6 Å². The average Bonchev–Trinajstić information content (AvgIpc) is 2.84. The van der Waals surface area contributed by atoms with Gasteiger partial charge in [0.1, 0.15) is 5.60 Å². The number of hydrogen-bond donors (Lipinski definition) is 2. The minimum absolute atomic E-state index is 0.0509. The lowest BCUT2D eigenvalue weighted by Gasteiger charge is -2.23. The molecule has 126 valence electrons. The highest BCUT2D eigenvalue weighted by molar-refractivity contribution is 5.68. The van der Waals surface area contributed by atoms with E-state index >= 15 is 0 Å². The van der Waals surface area contributed by atoms with Crippen LogP contribution in [-0.2, 0) is 11.3 Å². The van der Waals surface area contributed by atoms with Crippen LogP contribution in [0.2, 0.25) is 0 Å². The topological polar surface area (TPSA) is 68.2 Å². The first-order chi connectivity index (χ1) is 10.2. The van der Waals surface area contributed by atoms with Crippen LogP contribution in [0.1, 0.15) is 59.6 Å². The largest absolute Gasteiger partial charge is 0.444 e. The summed E-state index contributed by atoms with van der Waals surface area (Å²) in [5.74, 6) is 0. The van der Waals surface area contributed by atoms with Crippen LogP contribution in [0.4, 0.5) is 4.79 Å². The summed E-state index contributed by atoms with van der Waals surface area (Å²) in [7, 11) is 0. The van der Waals surface area contributed by atoms with Gasteiger partial charge in [-0.15, -0.1) is 0 Å². The molecule has 2 N–H and O–H groups in total. The molecule has 1 heterocycles. The Balaban J connectivity index is 2.35. The average molecular weight is 310 g/mol. The molecule has 0 aliphatic heterocycles. The summed E-state index contributed by atoms with van der Waals surface area (Å²) in [5.41, 5.74) is 0.669. The number of alkyl carbamates (subject to hydrolysis) is 1. The number of hydrogen-bond acceptors (Lipinski definition) is 4. The highest BCUT2D eigenvalue weighted by atomic mass is 16.6. The molecule has 0 aliphatic carbocycles. The first-order valence-corrected chi connectivity index (χ1v) is 7.94. The zero-order valence-electron chi connectivity index (χ0n) is 14.6. The summed E-state index contributed by atoms with van der Waals surface area (Å²) in [6.45, 7) is 13.3. The SMILES string of the molecule is CCC(CNCc1cnn(C(C)C)c1)NC(=O)OC(C)(C)C. The van der Waals surface area contributed by atoms with Gasteiger partial charge in [-0.1, -0.05) is 6.92 Å². The fraction of sp³-hybridized carbons (Fsp3) is 0.750. The van der Waals surface area contributed by atoms with E-state index in [1.54, 1.807) is 0 Å². The van der Waals surface area contributed by atoms with E-state index in [2.05, 4.69) is 29.6 Å². The van der Waals surface area contributed by atoms with Crippen LogP contribution in [0.15, 0.2) is 12.4 Å². The number of rotatable bonds is 7. The zero-order chi connectivity index (χ0) is 16.8. The van der Waals surface area contributed by atoms with Crippen molar-refractivity contribution in [1.29, 1.82) is 0 Å². The molecule has 1 unspecified atom stereocenters. The Bertz CT molecular complexity index is 463. The summed E-state index contributed by atoms with van der Waals surface area (Å²) in [5, 5.41) is 10.5. The number of ether oxygens (including phenoxy) is 1. The maximum Gasteiger partial charge on any atom is 0.407 e. The van der Waals surface area contributed by atoms with Crippen molar-refractivity contribution in [3.05, 3.63) is 18.0 Å². The number of nitrogens with zero attached hydrogens (tertiary/aromatic N) is 2. The van der Waals surface area contributed by atoms with E-state index in [-0.39, 0.29) is 12.1 Å². The van der Waals surface area contributed by atoms with Crippen LogP contribution in [0.25, 0.3) is 0 Å². The minimum Gasteiger partial charge on any atom is -0.444 e. The normalized spacial score (nSPS) is 13.2. The summed E-state index contributed by atoms with van der Waals surface area (Å²) in [4.78, 5) is 11.8. The van der Waals surface area contributed by atoms with Crippen molar-refractivity contribution in [1.82, 2.24) is 20.4 Å². The third-order valence-electron chi connectivity index (χ3n) is 3.12. The standard InChI is InChI=1S/C16H30N4O2/c1-7-14(19-15(21)22-16(4,5)6)10-17-8-13-9-18-20(11-13)12(2)3/h9,11-12,14,17H,7-8,10H2,1-6H3,(H,19,21). The molecule has 1 amide bonds. The Labute approximate surface area is 133 Å². The van der Waals surface area contributed by atoms with Crippen LogP contribution in [0.3, 0.4) is 0 Å². The molecule has 0 aromatic carbocycles. The maximum absolute atomic E-state index is 11.8. The quantitative estimate of drug-likeness (QED) is 0.812. The predicted molar refractivity (Wildman–Crippen MR) is 87.8 cm³/mol. The van der Waals surface area contributed by atoms with Gasteiger partial charge in [0.25, 0.3) is 0 Å². The van der Waals surface area contributed by atoms with Gasteiger partial charge in [-0.05, 0) is 41.0 Å². The Hall–Kier alpha value is -1.56. The Kier molecular flexibility index (Phi) is 6.87. The van der Waals surface area contributed by atoms with Gasteiger partial charge in [-0.3, -0.25) is 4.68 Å².